The van der Waals surface area contributed by atoms with Crippen LogP contribution in [0.5, 0.6) is 0 Å². The Hall–Kier alpha value is -2.56. The minimum Gasteiger partial charge on any atom is -0.379 e. The first-order valence-corrected chi connectivity index (χ1v) is 12.7. The normalized spacial score (nSPS) is 15.9. The van der Waals surface area contributed by atoms with E-state index in [1.54, 1.807) is 23.5 Å². The Labute approximate surface area is 192 Å². The second kappa shape index (κ2) is 10.4. The van der Waals surface area contributed by atoms with Crippen molar-refractivity contribution in [3.8, 4) is 0 Å². The van der Waals surface area contributed by atoms with Crippen LogP contribution in [-0.4, -0.2) is 51.5 Å². The van der Waals surface area contributed by atoms with Crippen molar-refractivity contribution in [1.29, 1.82) is 0 Å². The Balaban J connectivity index is 1.37. The van der Waals surface area contributed by atoms with Crippen molar-refractivity contribution in [2.24, 2.45) is 0 Å². The molecule has 0 saturated carbocycles. The molecule has 2 N–H and O–H groups in total. The van der Waals surface area contributed by atoms with E-state index in [0.29, 0.717) is 32.0 Å². The number of nitrogens with one attached hydrogen (secondary N) is 2. The third kappa shape index (κ3) is 5.43. The number of hydrogen-bond donors (Lipinski definition) is 2. The summed E-state index contributed by atoms with van der Waals surface area (Å²) >= 11 is 1.63. The Bertz CT molecular complexity index is 1110. The van der Waals surface area contributed by atoms with Gasteiger partial charge < -0.3 is 10.1 Å². The Kier molecular flexibility index (Phi) is 7.33. The maximum absolute atomic E-state index is 12.7. The minimum absolute atomic E-state index is 0.0806. The van der Waals surface area contributed by atoms with Crippen molar-refractivity contribution in [2.75, 3.05) is 38.2 Å². The molecule has 1 aliphatic heterocycles. The molecule has 168 valence electrons. The topological polar surface area (TPSA) is 87.7 Å². The highest BCUT2D eigenvalue weighted by atomic mass is 32.2. The van der Waals surface area contributed by atoms with Gasteiger partial charge in [0.25, 0.3) is 0 Å². The molecule has 1 aliphatic rings. The molecule has 1 amide bonds. The number of carbonyl (C=O) groups is 1. The van der Waals surface area contributed by atoms with Crippen molar-refractivity contribution in [1.82, 2.24) is 9.62 Å². The van der Waals surface area contributed by atoms with E-state index >= 15 is 0 Å². The lowest BCUT2D eigenvalue weighted by Crippen LogP contribution is -2.40. The average molecular weight is 472 g/mol. The van der Waals surface area contributed by atoms with Crippen molar-refractivity contribution in [3.63, 3.8) is 0 Å². The molecule has 1 saturated heterocycles. The van der Waals surface area contributed by atoms with Crippen LogP contribution in [0, 0.1) is 0 Å². The number of carbonyl (C=O) groups excluding carboxylic acids is 1. The second-order valence-corrected chi connectivity index (χ2v) is 10.2. The zero-order valence-electron chi connectivity index (χ0n) is 17.4. The summed E-state index contributed by atoms with van der Waals surface area (Å²) in [5.74, 6) is -0.203. The Morgan fingerprint density at radius 2 is 1.72 bits per heavy atom. The lowest BCUT2D eigenvalue weighted by Gasteiger charge is -2.26. The molecule has 1 fully saturated rings. The highest BCUT2D eigenvalue weighted by Crippen LogP contribution is 2.26. The Morgan fingerprint density at radius 1 is 1.00 bits per heavy atom. The Morgan fingerprint density at radius 3 is 2.38 bits per heavy atom. The van der Waals surface area contributed by atoms with Gasteiger partial charge >= 0.3 is 0 Å². The first kappa shape index (κ1) is 22.6. The van der Waals surface area contributed by atoms with E-state index in [2.05, 4.69) is 10.6 Å². The molecule has 1 atom stereocenters. The van der Waals surface area contributed by atoms with Gasteiger partial charge in [0.15, 0.2) is 0 Å². The van der Waals surface area contributed by atoms with Crippen LogP contribution in [0.25, 0.3) is 0 Å². The molecule has 2 aromatic carbocycles. The second-order valence-electron chi connectivity index (χ2n) is 7.33. The molecule has 4 rings (SSSR count). The van der Waals surface area contributed by atoms with Crippen molar-refractivity contribution < 1.29 is 17.9 Å². The van der Waals surface area contributed by atoms with Crippen LogP contribution in [0.15, 0.2) is 77.0 Å². The molecule has 1 unspecified atom stereocenters. The van der Waals surface area contributed by atoms with Gasteiger partial charge in [0, 0.05) is 23.7 Å². The predicted octanol–water partition coefficient (Wildman–Crippen LogP) is 3.09. The van der Waals surface area contributed by atoms with E-state index in [1.807, 2.05) is 47.8 Å². The summed E-state index contributed by atoms with van der Waals surface area (Å²) < 4.78 is 32.1. The smallest absolute Gasteiger partial charge is 0.243 e. The fraction of sp³-hybridized carbons (Fsp3) is 0.261. The van der Waals surface area contributed by atoms with E-state index in [-0.39, 0.29) is 23.4 Å². The maximum Gasteiger partial charge on any atom is 0.243 e. The van der Waals surface area contributed by atoms with Gasteiger partial charge in [-0.05, 0) is 41.3 Å². The van der Waals surface area contributed by atoms with Crippen LogP contribution in [0.2, 0.25) is 0 Å². The quantitative estimate of drug-likeness (QED) is 0.527. The number of thiophene rings is 1. The number of benzene rings is 2. The minimum atomic E-state index is -3.56. The number of morpholine rings is 1. The van der Waals surface area contributed by atoms with Crippen LogP contribution in [0.4, 0.5) is 5.69 Å². The summed E-state index contributed by atoms with van der Waals surface area (Å²) in [7, 11) is -3.56. The van der Waals surface area contributed by atoms with E-state index < -0.39 is 10.0 Å². The van der Waals surface area contributed by atoms with E-state index in [1.165, 1.54) is 16.4 Å². The highest BCUT2D eigenvalue weighted by molar-refractivity contribution is 7.89. The highest BCUT2D eigenvalue weighted by Gasteiger charge is 2.26. The number of anilines is 1. The predicted molar refractivity (Wildman–Crippen MR) is 125 cm³/mol. The van der Waals surface area contributed by atoms with Gasteiger partial charge in [0.05, 0.1) is 30.7 Å². The van der Waals surface area contributed by atoms with Gasteiger partial charge in [-0.3, -0.25) is 10.1 Å². The van der Waals surface area contributed by atoms with Gasteiger partial charge in [-0.15, -0.1) is 11.3 Å². The standard InChI is InChI=1S/C23H25N3O4S2/c27-22(17-24-23(21-7-4-16-31-21)18-5-2-1-3-6-18)25-19-8-10-20(11-9-19)32(28,29)26-12-14-30-15-13-26/h1-11,16,23-24H,12-15,17H2,(H,25,27). The first-order valence-electron chi connectivity index (χ1n) is 10.3. The number of amides is 1. The fourth-order valence-corrected chi connectivity index (χ4v) is 5.76. The zero-order chi connectivity index (χ0) is 22.4. The number of hydrogen-bond acceptors (Lipinski definition) is 6. The molecule has 0 aliphatic carbocycles. The third-order valence-electron chi connectivity index (χ3n) is 5.17. The molecular formula is C23H25N3O4S2. The van der Waals surface area contributed by atoms with Crippen molar-refractivity contribution >= 4 is 33.0 Å². The molecule has 0 bridgehead atoms. The third-order valence-corrected chi connectivity index (χ3v) is 8.02. The summed E-state index contributed by atoms with van der Waals surface area (Å²) in [5.41, 5.74) is 1.63. The van der Waals surface area contributed by atoms with E-state index in [4.69, 9.17) is 4.74 Å². The van der Waals surface area contributed by atoms with Gasteiger partial charge in [-0.25, -0.2) is 8.42 Å². The van der Waals surface area contributed by atoms with Gasteiger partial charge in [0.1, 0.15) is 0 Å². The number of ether oxygens (including phenoxy) is 1. The van der Waals surface area contributed by atoms with Gasteiger partial charge in [0.2, 0.25) is 15.9 Å². The molecule has 1 aromatic heterocycles. The average Bonchev–Trinajstić information content (AvgIpc) is 3.35. The van der Waals surface area contributed by atoms with Crippen LogP contribution >= 0.6 is 11.3 Å². The van der Waals surface area contributed by atoms with E-state index in [0.717, 1.165) is 10.4 Å². The zero-order valence-corrected chi connectivity index (χ0v) is 19.1. The van der Waals surface area contributed by atoms with Crippen LogP contribution in [0.3, 0.4) is 0 Å². The lowest BCUT2D eigenvalue weighted by atomic mass is 10.1. The maximum atomic E-state index is 12.7. The molecule has 32 heavy (non-hydrogen) atoms. The number of sulfonamides is 1. The number of rotatable bonds is 8. The molecule has 0 radical (unpaired) electrons. The molecule has 9 heteroatoms. The monoisotopic (exact) mass is 471 g/mol. The number of nitrogens with zero attached hydrogens (tertiary/aromatic N) is 1. The van der Waals surface area contributed by atoms with Crippen molar-refractivity contribution in [2.45, 2.75) is 10.9 Å². The van der Waals surface area contributed by atoms with Crippen LogP contribution in [0.1, 0.15) is 16.5 Å². The SMILES string of the molecule is O=C(CNC(c1ccccc1)c1cccs1)Nc1ccc(S(=O)(=O)N2CCOCC2)cc1. The van der Waals surface area contributed by atoms with Gasteiger partial charge in [-0.2, -0.15) is 4.31 Å². The summed E-state index contributed by atoms with van der Waals surface area (Å²) in [6.45, 7) is 1.61. The summed E-state index contributed by atoms with van der Waals surface area (Å²) in [6.07, 6.45) is 0. The summed E-state index contributed by atoms with van der Waals surface area (Å²) in [5, 5.41) is 8.16. The largest absolute Gasteiger partial charge is 0.379 e. The first-order chi connectivity index (χ1) is 15.5. The molecule has 0 spiro atoms. The summed E-state index contributed by atoms with van der Waals surface area (Å²) in [4.78, 5) is 13.9. The molecule has 3 aromatic rings. The van der Waals surface area contributed by atoms with Crippen LogP contribution in [-0.2, 0) is 19.6 Å². The summed E-state index contributed by atoms with van der Waals surface area (Å²) in [6, 6.07) is 20.2. The molecule has 2 heterocycles. The fourth-order valence-electron chi connectivity index (χ4n) is 3.53. The molecular weight excluding hydrogens is 446 g/mol. The lowest BCUT2D eigenvalue weighted by molar-refractivity contribution is -0.115. The van der Waals surface area contributed by atoms with E-state index in [9.17, 15) is 13.2 Å². The van der Waals surface area contributed by atoms with Crippen molar-refractivity contribution in [3.05, 3.63) is 82.6 Å². The molecule has 7 nitrogen and oxygen atoms in total. The van der Waals surface area contributed by atoms with Crippen LogP contribution < -0.4 is 10.6 Å². The van der Waals surface area contributed by atoms with Gasteiger partial charge in [-0.1, -0.05) is 36.4 Å².